The summed E-state index contributed by atoms with van der Waals surface area (Å²) < 4.78 is 5.44. The lowest BCUT2D eigenvalue weighted by Gasteiger charge is -2.14. The summed E-state index contributed by atoms with van der Waals surface area (Å²) in [7, 11) is 2.16. The lowest BCUT2D eigenvalue weighted by Crippen LogP contribution is -2.21. The minimum absolute atomic E-state index is 0.776. The van der Waals surface area contributed by atoms with E-state index in [-0.39, 0.29) is 0 Å². The van der Waals surface area contributed by atoms with Crippen molar-refractivity contribution in [3.8, 4) is 11.8 Å². The van der Waals surface area contributed by atoms with Gasteiger partial charge in [-0.05, 0) is 33.4 Å². The van der Waals surface area contributed by atoms with E-state index in [1.54, 1.807) is 0 Å². The second-order valence-corrected chi connectivity index (χ2v) is 3.45. The maximum atomic E-state index is 5.44. The van der Waals surface area contributed by atoms with E-state index < -0.39 is 0 Å². The second kappa shape index (κ2) is 16.9. The zero-order valence-electron chi connectivity index (χ0n) is 11.8. The van der Waals surface area contributed by atoms with Gasteiger partial charge in [0.25, 0.3) is 0 Å². The molecule has 0 rings (SSSR count). The zero-order chi connectivity index (χ0) is 12.6. The Hall–Kier alpha value is -0.520. The molecule has 0 aliphatic carbocycles. The Labute approximate surface area is 102 Å². The highest BCUT2D eigenvalue weighted by Gasteiger charge is 1.95. The van der Waals surface area contributed by atoms with Gasteiger partial charge in [-0.3, -0.25) is 0 Å². The Morgan fingerprint density at radius 3 is 2.38 bits per heavy atom. The lowest BCUT2D eigenvalue weighted by atomic mass is 10.4. The normalized spacial score (nSPS) is 9.12. The van der Waals surface area contributed by atoms with E-state index in [0.29, 0.717) is 0 Å². The van der Waals surface area contributed by atoms with Gasteiger partial charge in [0, 0.05) is 19.6 Å². The molecule has 0 unspecified atom stereocenters. The highest BCUT2D eigenvalue weighted by Crippen LogP contribution is 1.91. The summed E-state index contributed by atoms with van der Waals surface area (Å²) in [6.45, 7) is 12.0. The molecule has 0 aliphatic heterocycles. The quantitative estimate of drug-likeness (QED) is 0.466. The SMILES string of the molecule is CC.CC#CCCOCCCN(C)CCC. The standard InChI is InChI=1S/C12H23NO.C2H6/c1-4-6-7-11-14-12-8-10-13(3)9-5-2;1-2/h5,7-12H2,1-3H3;1-2H3. The molecule has 0 atom stereocenters. The Morgan fingerprint density at radius 2 is 1.81 bits per heavy atom. The van der Waals surface area contributed by atoms with E-state index in [1.165, 1.54) is 13.0 Å². The first-order chi connectivity index (χ1) is 7.81. The van der Waals surface area contributed by atoms with E-state index in [1.807, 2.05) is 20.8 Å². The first-order valence-electron chi connectivity index (χ1n) is 6.47. The molecular weight excluding hydrogens is 198 g/mol. The van der Waals surface area contributed by atoms with E-state index in [9.17, 15) is 0 Å². The Morgan fingerprint density at radius 1 is 1.12 bits per heavy atom. The van der Waals surface area contributed by atoms with Crippen molar-refractivity contribution in [3.05, 3.63) is 0 Å². The Bertz CT molecular complexity index is 169. The summed E-state index contributed by atoms with van der Waals surface area (Å²) in [6, 6.07) is 0. The van der Waals surface area contributed by atoms with Gasteiger partial charge in [-0.15, -0.1) is 11.8 Å². The molecule has 0 spiro atoms. The predicted octanol–water partition coefficient (Wildman–Crippen LogP) is 3.17. The van der Waals surface area contributed by atoms with Gasteiger partial charge in [0.05, 0.1) is 6.61 Å². The second-order valence-electron chi connectivity index (χ2n) is 3.45. The van der Waals surface area contributed by atoms with Gasteiger partial charge in [0.1, 0.15) is 0 Å². The fourth-order valence-electron chi connectivity index (χ4n) is 1.28. The summed E-state index contributed by atoms with van der Waals surface area (Å²) in [4.78, 5) is 2.34. The van der Waals surface area contributed by atoms with Gasteiger partial charge < -0.3 is 9.64 Å². The number of hydrogen-bond donors (Lipinski definition) is 0. The van der Waals surface area contributed by atoms with E-state index >= 15 is 0 Å². The van der Waals surface area contributed by atoms with E-state index in [0.717, 1.165) is 32.6 Å². The zero-order valence-corrected chi connectivity index (χ0v) is 11.8. The van der Waals surface area contributed by atoms with Crippen molar-refractivity contribution >= 4 is 0 Å². The summed E-state index contributed by atoms with van der Waals surface area (Å²) in [6.07, 6.45) is 3.21. The van der Waals surface area contributed by atoms with Crippen LogP contribution in [0.5, 0.6) is 0 Å². The highest BCUT2D eigenvalue weighted by atomic mass is 16.5. The molecule has 0 amide bonds. The van der Waals surface area contributed by atoms with Crippen LogP contribution in [0.2, 0.25) is 0 Å². The van der Waals surface area contributed by atoms with Crippen molar-refractivity contribution in [3.63, 3.8) is 0 Å². The first kappa shape index (κ1) is 17.9. The van der Waals surface area contributed by atoms with E-state index in [2.05, 4.69) is 30.7 Å². The fraction of sp³-hybridized carbons (Fsp3) is 0.857. The van der Waals surface area contributed by atoms with Gasteiger partial charge in [-0.2, -0.15) is 0 Å². The summed E-state index contributed by atoms with van der Waals surface area (Å²) >= 11 is 0. The largest absolute Gasteiger partial charge is 0.380 e. The molecule has 0 heterocycles. The molecule has 0 aromatic rings. The van der Waals surface area contributed by atoms with Gasteiger partial charge in [0.2, 0.25) is 0 Å². The van der Waals surface area contributed by atoms with Gasteiger partial charge in [-0.25, -0.2) is 0 Å². The Balaban J connectivity index is 0. The summed E-state index contributed by atoms with van der Waals surface area (Å²) in [5.74, 6) is 5.84. The van der Waals surface area contributed by atoms with Gasteiger partial charge in [-0.1, -0.05) is 20.8 Å². The molecule has 0 radical (unpaired) electrons. The summed E-state index contributed by atoms with van der Waals surface area (Å²) in [5.41, 5.74) is 0. The maximum absolute atomic E-state index is 5.44. The molecule has 0 saturated carbocycles. The monoisotopic (exact) mass is 227 g/mol. The molecule has 0 N–H and O–H groups in total. The highest BCUT2D eigenvalue weighted by molar-refractivity contribution is 4.94. The van der Waals surface area contributed by atoms with Crippen molar-refractivity contribution in [2.45, 2.75) is 47.0 Å². The van der Waals surface area contributed by atoms with Crippen molar-refractivity contribution in [1.29, 1.82) is 0 Å². The van der Waals surface area contributed by atoms with Crippen LogP contribution in [0, 0.1) is 11.8 Å². The molecule has 16 heavy (non-hydrogen) atoms. The molecule has 2 heteroatoms. The number of nitrogens with zero attached hydrogens (tertiary/aromatic N) is 1. The number of ether oxygens (including phenoxy) is 1. The molecule has 0 aliphatic rings. The maximum Gasteiger partial charge on any atom is 0.0575 e. The molecule has 0 aromatic carbocycles. The van der Waals surface area contributed by atoms with Crippen molar-refractivity contribution in [2.75, 3.05) is 33.4 Å². The predicted molar refractivity (Wildman–Crippen MR) is 72.6 cm³/mol. The van der Waals surface area contributed by atoms with Crippen LogP contribution in [0.3, 0.4) is 0 Å². The van der Waals surface area contributed by atoms with Crippen LogP contribution >= 0.6 is 0 Å². The van der Waals surface area contributed by atoms with Crippen molar-refractivity contribution in [2.24, 2.45) is 0 Å². The van der Waals surface area contributed by atoms with Crippen LogP contribution in [0.25, 0.3) is 0 Å². The number of hydrogen-bond acceptors (Lipinski definition) is 2. The third-order valence-electron chi connectivity index (χ3n) is 1.98. The van der Waals surface area contributed by atoms with Crippen LogP contribution in [0.4, 0.5) is 0 Å². The van der Waals surface area contributed by atoms with E-state index in [4.69, 9.17) is 4.74 Å². The van der Waals surface area contributed by atoms with Gasteiger partial charge >= 0.3 is 0 Å². The lowest BCUT2D eigenvalue weighted by molar-refractivity contribution is 0.129. The van der Waals surface area contributed by atoms with Crippen LogP contribution in [-0.4, -0.2) is 38.3 Å². The molecule has 2 nitrogen and oxygen atoms in total. The summed E-state index contributed by atoms with van der Waals surface area (Å²) in [5, 5.41) is 0. The Kier molecular flexibility index (Phi) is 18.9. The molecule has 0 fully saturated rings. The van der Waals surface area contributed by atoms with Crippen molar-refractivity contribution in [1.82, 2.24) is 4.90 Å². The number of rotatable bonds is 8. The van der Waals surface area contributed by atoms with Crippen LogP contribution in [0.1, 0.15) is 47.0 Å². The van der Waals surface area contributed by atoms with Gasteiger partial charge in [0.15, 0.2) is 0 Å². The molecule has 0 aromatic heterocycles. The van der Waals surface area contributed by atoms with Crippen LogP contribution in [0.15, 0.2) is 0 Å². The minimum atomic E-state index is 0.776. The third-order valence-corrected chi connectivity index (χ3v) is 1.98. The molecule has 0 saturated heterocycles. The van der Waals surface area contributed by atoms with Crippen molar-refractivity contribution < 1.29 is 4.74 Å². The average Bonchev–Trinajstić information content (AvgIpc) is 2.31. The first-order valence-corrected chi connectivity index (χ1v) is 6.47. The minimum Gasteiger partial charge on any atom is -0.380 e. The molecular formula is C14H29NO. The molecule has 0 bridgehead atoms. The van der Waals surface area contributed by atoms with Crippen LogP contribution in [-0.2, 0) is 4.74 Å². The third kappa shape index (κ3) is 15.9. The fourth-order valence-corrected chi connectivity index (χ4v) is 1.28. The molecule has 96 valence electrons. The van der Waals surface area contributed by atoms with Crippen LogP contribution < -0.4 is 0 Å². The topological polar surface area (TPSA) is 12.5 Å². The average molecular weight is 227 g/mol. The smallest absolute Gasteiger partial charge is 0.0575 e.